The van der Waals surface area contributed by atoms with E-state index in [1.165, 1.54) is 19.1 Å². The molecule has 1 N–H and O–H groups in total. The van der Waals surface area contributed by atoms with Crippen LogP contribution in [0.15, 0.2) is 37.1 Å². The van der Waals surface area contributed by atoms with Crippen LogP contribution >= 0.6 is 0 Å². The second-order valence-corrected chi connectivity index (χ2v) is 6.97. The lowest BCUT2D eigenvalue weighted by atomic mass is 9.81. The van der Waals surface area contributed by atoms with Gasteiger partial charge in [-0.05, 0) is 26.2 Å². The third-order valence-electron chi connectivity index (χ3n) is 4.40. The van der Waals surface area contributed by atoms with E-state index in [0.717, 1.165) is 6.42 Å². The summed E-state index contributed by atoms with van der Waals surface area (Å²) in [6.07, 6.45) is 3.73. The Labute approximate surface area is 162 Å². The summed E-state index contributed by atoms with van der Waals surface area (Å²) >= 11 is 0. The van der Waals surface area contributed by atoms with Crippen LogP contribution in [0.2, 0.25) is 0 Å². The Morgan fingerprint density at radius 3 is 2.26 bits per heavy atom. The molecule has 0 bridgehead atoms. The minimum atomic E-state index is -1.02. The molecule has 0 aliphatic heterocycles. The Kier molecular flexibility index (Phi) is 11.6. The molecule has 0 fully saturated rings. The number of carbonyl (C=O) groups excluding carboxylic acids is 2. The number of rotatable bonds is 13. The summed E-state index contributed by atoms with van der Waals surface area (Å²) in [7, 11) is 0. The standard InChI is InChI=1S/C21H34O6/c1-8-11-25-20(24)27-18(13-16(5)22)17(6)19(23)21(7,26-12-9-2)14-15(4)10-3/h8-9,13,15,17,19,23H,1-2,10-12,14H2,3-7H3/t15-,17-,19+,21+/m0/s1. The van der Waals surface area contributed by atoms with E-state index in [0.29, 0.717) is 12.3 Å². The zero-order chi connectivity index (χ0) is 21.0. The molecule has 27 heavy (non-hydrogen) atoms. The van der Waals surface area contributed by atoms with Crippen LogP contribution in [0.25, 0.3) is 0 Å². The van der Waals surface area contributed by atoms with Gasteiger partial charge in [0.2, 0.25) is 0 Å². The van der Waals surface area contributed by atoms with Gasteiger partial charge in [-0.3, -0.25) is 4.79 Å². The molecule has 0 unspecified atom stereocenters. The Bertz CT molecular complexity index is 539. The van der Waals surface area contributed by atoms with Gasteiger partial charge >= 0.3 is 6.16 Å². The van der Waals surface area contributed by atoms with Crippen molar-refractivity contribution >= 4 is 11.9 Å². The number of ether oxygens (including phenoxy) is 3. The summed E-state index contributed by atoms with van der Waals surface area (Å²) in [4.78, 5) is 23.4. The average Bonchev–Trinajstić information content (AvgIpc) is 2.62. The van der Waals surface area contributed by atoms with Crippen molar-refractivity contribution in [1.29, 1.82) is 0 Å². The molecule has 0 aromatic carbocycles. The monoisotopic (exact) mass is 382 g/mol. The predicted molar refractivity (Wildman–Crippen MR) is 105 cm³/mol. The Balaban J connectivity index is 5.57. The van der Waals surface area contributed by atoms with Crippen LogP contribution in [-0.2, 0) is 19.0 Å². The molecule has 0 amide bonds. The van der Waals surface area contributed by atoms with E-state index in [9.17, 15) is 14.7 Å². The van der Waals surface area contributed by atoms with Crippen molar-refractivity contribution < 1.29 is 28.9 Å². The molecule has 6 heteroatoms. The molecule has 0 aliphatic rings. The molecule has 0 aromatic rings. The van der Waals surface area contributed by atoms with Gasteiger partial charge in [0, 0.05) is 12.0 Å². The van der Waals surface area contributed by atoms with Gasteiger partial charge in [-0.1, -0.05) is 45.9 Å². The molecular formula is C21H34O6. The van der Waals surface area contributed by atoms with Crippen LogP contribution < -0.4 is 0 Å². The summed E-state index contributed by atoms with van der Waals surface area (Å²) in [6.45, 7) is 16.3. The fourth-order valence-corrected chi connectivity index (χ4v) is 2.74. The summed E-state index contributed by atoms with van der Waals surface area (Å²) < 4.78 is 15.9. The van der Waals surface area contributed by atoms with Gasteiger partial charge in [0.15, 0.2) is 5.78 Å². The van der Waals surface area contributed by atoms with Crippen molar-refractivity contribution in [3.8, 4) is 0 Å². The number of allylic oxidation sites excluding steroid dienone is 1. The summed E-state index contributed by atoms with van der Waals surface area (Å²) in [5.74, 6) is -0.651. The molecule has 0 saturated carbocycles. The molecule has 4 atom stereocenters. The van der Waals surface area contributed by atoms with E-state index >= 15 is 0 Å². The number of aliphatic hydroxyl groups excluding tert-OH is 1. The van der Waals surface area contributed by atoms with Crippen molar-refractivity contribution in [3.05, 3.63) is 37.1 Å². The normalized spacial score (nSPS) is 17.2. The summed E-state index contributed by atoms with van der Waals surface area (Å²) in [6, 6.07) is 0. The highest BCUT2D eigenvalue weighted by molar-refractivity contribution is 5.88. The maximum Gasteiger partial charge on any atom is 0.513 e. The highest BCUT2D eigenvalue weighted by Crippen LogP contribution is 2.33. The topological polar surface area (TPSA) is 82.1 Å². The van der Waals surface area contributed by atoms with Crippen LogP contribution in [0.5, 0.6) is 0 Å². The number of hydrogen-bond acceptors (Lipinski definition) is 6. The first kappa shape index (κ1) is 25.1. The van der Waals surface area contributed by atoms with Gasteiger partial charge in [-0.25, -0.2) is 4.79 Å². The molecule has 0 aromatic heterocycles. The SMILES string of the molecule is C=CCOC(=O)OC(=CC(C)=O)[C@H](C)[C@@H](O)[C@@](C)(C[C@@H](C)CC)OCC=C. The van der Waals surface area contributed by atoms with E-state index in [1.807, 2.05) is 6.92 Å². The molecular weight excluding hydrogens is 348 g/mol. The van der Waals surface area contributed by atoms with Crippen LogP contribution in [0.1, 0.15) is 47.5 Å². The van der Waals surface area contributed by atoms with Crippen molar-refractivity contribution in [1.82, 2.24) is 0 Å². The molecule has 0 aliphatic carbocycles. The Morgan fingerprint density at radius 1 is 1.19 bits per heavy atom. The maximum absolute atomic E-state index is 11.8. The molecule has 6 nitrogen and oxygen atoms in total. The van der Waals surface area contributed by atoms with Gasteiger partial charge in [0.05, 0.1) is 18.3 Å². The summed E-state index contributed by atoms with van der Waals surface area (Å²) in [5, 5.41) is 11.0. The van der Waals surface area contributed by atoms with E-state index in [1.54, 1.807) is 13.0 Å². The Hall–Kier alpha value is -1.92. The predicted octanol–water partition coefficient (Wildman–Crippen LogP) is 4.19. The third kappa shape index (κ3) is 9.02. The maximum atomic E-state index is 11.8. The highest BCUT2D eigenvalue weighted by Gasteiger charge is 2.40. The average molecular weight is 382 g/mol. The molecule has 154 valence electrons. The zero-order valence-corrected chi connectivity index (χ0v) is 17.2. The third-order valence-corrected chi connectivity index (χ3v) is 4.40. The first-order valence-corrected chi connectivity index (χ1v) is 9.21. The quantitative estimate of drug-likeness (QED) is 0.223. The van der Waals surface area contributed by atoms with E-state index in [4.69, 9.17) is 14.2 Å². The second-order valence-electron chi connectivity index (χ2n) is 6.97. The van der Waals surface area contributed by atoms with Crippen LogP contribution in [0.4, 0.5) is 4.79 Å². The minimum Gasteiger partial charge on any atom is -0.430 e. The smallest absolute Gasteiger partial charge is 0.430 e. The molecule has 0 radical (unpaired) electrons. The first-order chi connectivity index (χ1) is 12.6. The van der Waals surface area contributed by atoms with Gasteiger partial charge in [-0.15, -0.1) is 6.58 Å². The van der Waals surface area contributed by atoms with Gasteiger partial charge in [0.1, 0.15) is 12.4 Å². The second kappa shape index (κ2) is 12.5. The van der Waals surface area contributed by atoms with Gasteiger partial charge < -0.3 is 19.3 Å². The number of carbonyl (C=O) groups is 2. The lowest BCUT2D eigenvalue weighted by Crippen LogP contribution is -2.47. The fraction of sp³-hybridized carbons (Fsp3) is 0.619. The van der Waals surface area contributed by atoms with Crippen molar-refractivity contribution in [2.24, 2.45) is 11.8 Å². The Morgan fingerprint density at radius 2 is 1.78 bits per heavy atom. The van der Waals surface area contributed by atoms with Crippen molar-refractivity contribution in [2.45, 2.75) is 59.2 Å². The molecule has 0 rings (SSSR count). The molecule has 0 spiro atoms. The lowest BCUT2D eigenvalue weighted by Gasteiger charge is -2.39. The van der Waals surface area contributed by atoms with E-state index in [-0.39, 0.29) is 24.8 Å². The van der Waals surface area contributed by atoms with Gasteiger partial charge in [0.25, 0.3) is 0 Å². The van der Waals surface area contributed by atoms with Gasteiger partial charge in [-0.2, -0.15) is 0 Å². The number of ketones is 1. The molecule has 0 heterocycles. The highest BCUT2D eigenvalue weighted by atomic mass is 16.7. The molecule has 0 saturated heterocycles. The largest absolute Gasteiger partial charge is 0.513 e. The number of aliphatic hydroxyl groups is 1. The van der Waals surface area contributed by atoms with E-state index < -0.39 is 23.8 Å². The van der Waals surface area contributed by atoms with Crippen LogP contribution in [0, 0.1) is 11.8 Å². The van der Waals surface area contributed by atoms with E-state index in [2.05, 4.69) is 27.0 Å². The minimum absolute atomic E-state index is 0.0166. The lowest BCUT2D eigenvalue weighted by molar-refractivity contribution is -0.132. The summed E-state index contributed by atoms with van der Waals surface area (Å²) in [5.41, 5.74) is -0.909. The fourth-order valence-electron chi connectivity index (χ4n) is 2.74. The number of hydrogen-bond donors (Lipinski definition) is 1. The van der Waals surface area contributed by atoms with Crippen LogP contribution in [-0.4, -0.2) is 42.0 Å². The first-order valence-electron chi connectivity index (χ1n) is 9.21. The van der Waals surface area contributed by atoms with Crippen molar-refractivity contribution in [3.63, 3.8) is 0 Å². The zero-order valence-electron chi connectivity index (χ0n) is 17.2. The van der Waals surface area contributed by atoms with Crippen LogP contribution in [0.3, 0.4) is 0 Å². The van der Waals surface area contributed by atoms with Crippen molar-refractivity contribution in [2.75, 3.05) is 13.2 Å².